The maximum Gasteiger partial charge on any atom is 0.104 e. The van der Waals surface area contributed by atoms with E-state index in [4.69, 9.17) is 11.8 Å². The van der Waals surface area contributed by atoms with Gasteiger partial charge in [-0.25, -0.2) is 4.84 Å². The average Bonchev–Trinajstić information content (AvgIpc) is 1.99. The molecule has 4 heteroatoms. The highest BCUT2D eigenvalue weighted by atomic mass is 35.5. The summed E-state index contributed by atoms with van der Waals surface area (Å²) in [6.45, 7) is 2.33. The molecule has 0 aromatic rings. The van der Waals surface area contributed by atoms with Crippen molar-refractivity contribution in [2.24, 2.45) is 5.92 Å². The van der Waals surface area contributed by atoms with Crippen molar-refractivity contribution in [2.45, 2.75) is 37.9 Å². The van der Waals surface area contributed by atoms with E-state index in [-0.39, 0.29) is 6.54 Å². The zero-order valence-electron chi connectivity index (χ0n) is 7.26. The van der Waals surface area contributed by atoms with Gasteiger partial charge in [0, 0.05) is 6.54 Å². The number of aliphatic hydroxyl groups is 2. The molecular formula is C8H16ClNO2. The lowest BCUT2D eigenvalue weighted by Gasteiger charge is -2.38. The minimum atomic E-state index is -1.02. The lowest BCUT2D eigenvalue weighted by Crippen LogP contribution is -2.51. The van der Waals surface area contributed by atoms with Crippen LogP contribution in [0.25, 0.3) is 0 Å². The number of halogens is 1. The molecule has 0 amide bonds. The molecule has 0 aromatic carbocycles. The van der Waals surface area contributed by atoms with Gasteiger partial charge < -0.3 is 10.2 Å². The Balaban J connectivity index is 2.53. The minimum absolute atomic E-state index is 0.252. The summed E-state index contributed by atoms with van der Waals surface area (Å²) in [4.78, 5) is 2.39. The maximum atomic E-state index is 9.86. The molecule has 0 unspecified atom stereocenters. The second-order valence-electron chi connectivity index (χ2n) is 3.81. The molecule has 0 spiro atoms. The van der Waals surface area contributed by atoms with Gasteiger partial charge in [0.25, 0.3) is 0 Å². The topological polar surface area (TPSA) is 52.5 Å². The van der Waals surface area contributed by atoms with Gasteiger partial charge in [-0.1, -0.05) is 6.92 Å². The SMILES string of the molecule is C[C@H]1CC[C@@](O)(CNCl)[C@H](O)C1. The molecule has 0 saturated heterocycles. The molecule has 0 heterocycles. The molecule has 0 bridgehead atoms. The Labute approximate surface area is 77.8 Å². The lowest BCUT2D eigenvalue weighted by molar-refractivity contribution is -0.105. The highest BCUT2D eigenvalue weighted by molar-refractivity contribution is 6.13. The Morgan fingerprint density at radius 3 is 2.83 bits per heavy atom. The summed E-state index contributed by atoms with van der Waals surface area (Å²) in [7, 11) is 0. The maximum absolute atomic E-state index is 9.86. The van der Waals surface area contributed by atoms with Crippen molar-refractivity contribution in [1.29, 1.82) is 0 Å². The monoisotopic (exact) mass is 193 g/mol. The van der Waals surface area contributed by atoms with Crippen molar-refractivity contribution < 1.29 is 10.2 Å². The summed E-state index contributed by atoms with van der Waals surface area (Å²) in [6.07, 6.45) is 1.59. The van der Waals surface area contributed by atoms with Crippen LogP contribution in [0.2, 0.25) is 0 Å². The predicted octanol–water partition coefficient (Wildman–Crippen LogP) is 0.642. The van der Waals surface area contributed by atoms with Gasteiger partial charge in [-0.2, -0.15) is 0 Å². The second kappa shape index (κ2) is 3.92. The van der Waals surface area contributed by atoms with Crippen LogP contribution >= 0.6 is 11.8 Å². The van der Waals surface area contributed by atoms with E-state index in [1.165, 1.54) is 0 Å². The number of rotatable bonds is 2. The third-order valence-electron chi connectivity index (χ3n) is 2.69. The number of hydrogen-bond acceptors (Lipinski definition) is 3. The fourth-order valence-corrected chi connectivity index (χ4v) is 1.93. The standard InChI is InChI=1S/C8H16ClNO2/c1-6-2-3-8(12,5-10-9)7(11)4-6/h6-7,10-12H,2-5H2,1H3/t6-,7+,8+/m0/s1. The smallest absolute Gasteiger partial charge is 0.104 e. The molecule has 1 saturated carbocycles. The van der Waals surface area contributed by atoms with E-state index in [0.29, 0.717) is 18.8 Å². The van der Waals surface area contributed by atoms with Gasteiger partial charge in [0.1, 0.15) is 5.60 Å². The van der Waals surface area contributed by atoms with Gasteiger partial charge >= 0.3 is 0 Å². The van der Waals surface area contributed by atoms with Crippen molar-refractivity contribution in [3.63, 3.8) is 0 Å². The van der Waals surface area contributed by atoms with E-state index >= 15 is 0 Å². The third kappa shape index (κ3) is 2.10. The quantitative estimate of drug-likeness (QED) is 0.565. The fraction of sp³-hybridized carbons (Fsp3) is 1.00. The highest BCUT2D eigenvalue weighted by Gasteiger charge is 2.39. The largest absolute Gasteiger partial charge is 0.390 e. The van der Waals surface area contributed by atoms with Crippen molar-refractivity contribution in [3.05, 3.63) is 0 Å². The summed E-state index contributed by atoms with van der Waals surface area (Å²) in [5.41, 5.74) is -1.02. The van der Waals surface area contributed by atoms with E-state index in [1.54, 1.807) is 0 Å². The molecule has 1 rings (SSSR count). The van der Waals surface area contributed by atoms with Crippen LogP contribution in [0.3, 0.4) is 0 Å². The molecule has 3 N–H and O–H groups in total. The summed E-state index contributed by atoms with van der Waals surface area (Å²) in [5, 5.41) is 19.4. The van der Waals surface area contributed by atoms with Crippen molar-refractivity contribution in [2.75, 3.05) is 6.54 Å². The first-order valence-corrected chi connectivity index (χ1v) is 4.70. The average molecular weight is 194 g/mol. The first kappa shape index (κ1) is 10.3. The Kier molecular flexibility index (Phi) is 3.35. The minimum Gasteiger partial charge on any atom is -0.390 e. The normalized spacial score (nSPS) is 43.0. The molecule has 72 valence electrons. The van der Waals surface area contributed by atoms with E-state index in [1.807, 2.05) is 0 Å². The Hall–Kier alpha value is 0.170. The van der Waals surface area contributed by atoms with Crippen LogP contribution in [0.1, 0.15) is 26.2 Å². The third-order valence-corrected chi connectivity index (χ3v) is 2.82. The number of nitrogens with one attached hydrogen (secondary N) is 1. The first-order chi connectivity index (χ1) is 5.58. The van der Waals surface area contributed by atoms with Crippen LogP contribution in [0.4, 0.5) is 0 Å². The van der Waals surface area contributed by atoms with Crippen molar-refractivity contribution >= 4 is 11.8 Å². The zero-order chi connectivity index (χ0) is 9.19. The summed E-state index contributed by atoms with van der Waals surface area (Å²) in [5.74, 6) is 0.496. The van der Waals surface area contributed by atoms with Gasteiger partial charge in [-0.05, 0) is 37.0 Å². The number of hydrogen-bond donors (Lipinski definition) is 3. The van der Waals surface area contributed by atoms with Crippen LogP contribution in [0, 0.1) is 5.92 Å². The van der Waals surface area contributed by atoms with Crippen LogP contribution in [0.15, 0.2) is 0 Å². The molecule has 1 aliphatic carbocycles. The molecule has 0 aromatic heterocycles. The highest BCUT2D eigenvalue weighted by Crippen LogP contribution is 2.31. The van der Waals surface area contributed by atoms with Gasteiger partial charge in [0.05, 0.1) is 6.10 Å². The summed E-state index contributed by atoms with van der Waals surface area (Å²) in [6, 6.07) is 0. The molecular weight excluding hydrogens is 178 g/mol. The van der Waals surface area contributed by atoms with Gasteiger partial charge in [-0.15, -0.1) is 0 Å². The van der Waals surface area contributed by atoms with E-state index in [9.17, 15) is 10.2 Å². The molecule has 1 fully saturated rings. The summed E-state index contributed by atoms with van der Waals surface area (Å²) < 4.78 is 0. The number of aliphatic hydroxyl groups excluding tert-OH is 1. The van der Waals surface area contributed by atoms with Crippen LogP contribution in [-0.2, 0) is 0 Å². The van der Waals surface area contributed by atoms with Crippen LogP contribution in [0.5, 0.6) is 0 Å². The Morgan fingerprint density at radius 1 is 1.67 bits per heavy atom. The predicted molar refractivity (Wildman–Crippen MR) is 47.8 cm³/mol. The molecule has 1 aliphatic rings. The van der Waals surface area contributed by atoms with Gasteiger partial charge in [0.2, 0.25) is 0 Å². The van der Waals surface area contributed by atoms with Crippen molar-refractivity contribution in [3.8, 4) is 0 Å². The fourth-order valence-electron chi connectivity index (χ4n) is 1.70. The van der Waals surface area contributed by atoms with Crippen LogP contribution < -0.4 is 4.84 Å². The molecule has 0 radical (unpaired) electrons. The molecule has 3 nitrogen and oxygen atoms in total. The van der Waals surface area contributed by atoms with Crippen LogP contribution in [-0.4, -0.2) is 28.5 Å². The van der Waals surface area contributed by atoms with Crippen molar-refractivity contribution in [1.82, 2.24) is 4.84 Å². The van der Waals surface area contributed by atoms with Gasteiger partial charge in [0.15, 0.2) is 0 Å². The molecule has 12 heavy (non-hydrogen) atoms. The Bertz CT molecular complexity index is 156. The zero-order valence-corrected chi connectivity index (χ0v) is 8.01. The lowest BCUT2D eigenvalue weighted by atomic mass is 9.77. The molecule has 3 atom stereocenters. The van der Waals surface area contributed by atoms with Gasteiger partial charge in [-0.3, -0.25) is 0 Å². The summed E-state index contributed by atoms with van der Waals surface area (Å²) >= 11 is 5.31. The Morgan fingerprint density at radius 2 is 2.33 bits per heavy atom. The second-order valence-corrected chi connectivity index (χ2v) is 4.08. The van der Waals surface area contributed by atoms with E-state index in [2.05, 4.69) is 11.8 Å². The first-order valence-electron chi connectivity index (χ1n) is 4.32. The molecule has 0 aliphatic heterocycles. The van der Waals surface area contributed by atoms with E-state index in [0.717, 1.165) is 6.42 Å². The van der Waals surface area contributed by atoms with E-state index < -0.39 is 11.7 Å².